The van der Waals surface area contributed by atoms with Gasteiger partial charge in [0.25, 0.3) is 0 Å². The van der Waals surface area contributed by atoms with Crippen molar-refractivity contribution in [1.29, 1.82) is 0 Å². The van der Waals surface area contributed by atoms with Crippen LogP contribution < -0.4 is 18.9 Å². The predicted octanol–water partition coefficient (Wildman–Crippen LogP) is 1.28. The Balaban J connectivity index is 0.000000357. The minimum Gasteiger partial charge on any atom is -0.280 e. The maximum Gasteiger partial charge on any atom is 2.00 e. The monoisotopic (exact) mass is 268 g/mol. The topological polar surface area (TPSA) is 0 Å². The molecule has 0 atom stereocenters. The van der Waals surface area contributed by atoms with Crippen molar-refractivity contribution in [2.45, 2.75) is 0 Å². The van der Waals surface area contributed by atoms with E-state index in [1.165, 1.54) is 5.56 Å². The van der Waals surface area contributed by atoms with Gasteiger partial charge in [-0.25, -0.2) is 36.4 Å². The van der Waals surface area contributed by atoms with Crippen LogP contribution in [0.5, 0.6) is 0 Å². The molecule has 0 unspecified atom stereocenters. The largest absolute Gasteiger partial charge is 2.00 e. The molecule has 0 amide bonds. The molecular weight excluding hydrogens is 255 g/mol. The van der Waals surface area contributed by atoms with Crippen molar-refractivity contribution >= 4 is 0 Å². The van der Waals surface area contributed by atoms with E-state index in [-0.39, 0.29) is 35.9 Å². The molecule has 86 valence electrons. The summed E-state index contributed by atoms with van der Waals surface area (Å²) in [5.41, 5.74) is 2.41. The first-order valence-corrected chi connectivity index (χ1v) is 5.32. The van der Waals surface area contributed by atoms with Crippen LogP contribution in [0.15, 0.2) is 78.9 Å². The van der Waals surface area contributed by atoms with Crippen LogP contribution in [0.3, 0.4) is 0 Å². The molecule has 0 fully saturated rings. The summed E-state index contributed by atoms with van der Waals surface area (Å²) in [6.45, 7) is 0. The third-order valence-electron chi connectivity index (χ3n) is 2.24. The van der Waals surface area contributed by atoms with Gasteiger partial charge < -0.3 is 0 Å². The molecule has 0 heterocycles. The molecule has 0 aliphatic heterocycles. The summed E-state index contributed by atoms with van der Waals surface area (Å²) in [7, 11) is 0. The van der Waals surface area contributed by atoms with Gasteiger partial charge in [0.2, 0.25) is 0 Å². The van der Waals surface area contributed by atoms with E-state index in [1.54, 1.807) is 0 Å². The summed E-state index contributed by atoms with van der Waals surface area (Å²) in [6.07, 6.45) is 0. The summed E-state index contributed by atoms with van der Waals surface area (Å²) in [5, 5.41) is 0. The van der Waals surface area contributed by atoms with Gasteiger partial charge in [-0.2, -0.15) is 23.8 Å². The zero-order valence-electron chi connectivity index (χ0n) is 10.4. The van der Waals surface area contributed by atoms with E-state index in [1.807, 2.05) is 60.7 Å². The van der Waals surface area contributed by atoms with Crippen LogP contribution >= 0.6 is 0 Å². The Morgan fingerprint density at radius 1 is 0.889 bits per heavy atom. The molecule has 3 rings (SSSR count). The van der Waals surface area contributed by atoms with Gasteiger partial charge in [0.15, 0.2) is 0 Å². The summed E-state index contributed by atoms with van der Waals surface area (Å²) in [6, 6.07) is 29.4. The molecular formula is C16H13FeLi. The maximum absolute atomic E-state index is 3.17. The molecule has 18 heavy (non-hydrogen) atoms. The normalized spacial score (nSPS) is 8.22. The zero-order valence-corrected chi connectivity index (χ0v) is 11.5. The summed E-state index contributed by atoms with van der Waals surface area (Å²) < 4.78 is 0. The molecule has 3 aromatic rings. The van der Waals surface area contributed by atoms with Gasteiger partial charge in [-0.15, -0.1) is 12.1 Å². The zero-order chi connectivity index (χ0) is 11.1. The molecule has 0 N–H and O–H groups in total. The van der Waals surface area contributed by atoms with Gasteiger partial charge in [0.05, 0.1) is 0 Å². The molecule has 0 radical (unpaired) electrons. The average molecular weight is 268 g/mol. The molecule has 3 aromatic carbocycles. The Labute approximate surface area is 131 Å². The summed E-state index contributed by atoms with van der Waals surface area (Å²) in [4.78, 5) is 0. The molecule has 2 heteroatoms. The van der Waals surface area contributed by atoms with Gasteiger partial charge in [-0.3, -0.25) is 11.6 Å². The second-order valence-electron chi connectivity index (χ2n) is 3.41. The number of hydrogen-bond acceptors (Lipinski definition) is 0. The molecule has 0 aliphatic rings. The Morgan fingerprint density at radius 3 is 2.00 bits per heavy atom. The fourth-order valence-electron chi connectivity index (χ4n) is 1.45. The molecule has 0 bridgehead atoms. The van der Waals surface area contributed by atoms with E-state index in [4.69, 9.17) is 0 Å². The molecule has 0 nitrogen and oxygen atoms in total. The fraction of sp³-hybridized carbons (Fsp3) is 0. The van der Waals surface area contributed by atoms with Crippen LogP contribution in [0.4, 0.5) is 0 Å². The number of rotatable bonds is 1. The van der Waals surface area contributed by atoms with Crippen LogP contribution in [-0.2, 0) is 17.1 Å². The van der Waals surface area contributed by atoms with E-state index in [0.717, 1.165) is 5.56 Å². The van der Waals surface area contributed by atoms with E-state index in [2.05, 4.69) is 24.3 Å². The average Bonchev–Trinajstić information content (AvgIpc) is 3.07. The molecule has 0 spiro atoms. The SMILES string of the molecule is [Fe+2].[Li+].[c-]1ccccc1-[c-]1cccc1.c1cc[cH-]c1. The minimum atomic E-state index is 0. The van der Waals surface area contributed by atoms with Crippen molar-refractivity contribution in [2.24, 2.45) is 0 Å². The van der Waals surface area contributed by atoms with Gasteiger partial charge in [0.1, 0.15) is 0 Å². The molecule has 0 saturated carbocycles. The van der Waals surface area contributed by atoms with Crippen molar-refractivity contribution in [2.75, 3.05) is 0 Å². The van der Waals surface area contributed by atoms with E-state index >= 15 is 0 Å². The van der Waals surface area contributed by atoms with E-state index < -0.39 is 0 Å². The van der Waals surface area contributed by atoms with Crippen LogP contribution in [-0.4, -0.2) is 0 Å². The Morgan fingerprint density at radius 2 is 1.56 bits per heavy atom. The second-order valence-corrected chi connectivity index (χ2v) is 3.41. The first-order chi connectivity index (χ1) is 7.97. The second kappa shape index (κ2) is 10.0. The van der Waals surface area contributed by atoms with Gasteiger partial charge in [0, 0.05) is 0 Å². The van der Waals surface area contributed by atoms with E-state index in [0.29, 0.717) is 0 Å². The van der Waals surface area contributed by atoms with Crippen molar-refractivity contribution < 1.29 is 35.9 Å². The summed E-state index contributed by atoms with van der Waals surface area (Å²) in [5.74, 6) is 0. The predicted molar refractivity (Wildman–Crippen MR) is 68.3 cm³/mol. The first kappa shape index (κ1) is 17.0. The van der Waals surface area contributed by atoms with Crippen molar-refractivity contribution in [3.8, 4) is 11.1 Å². The Hall–Kier alpha value is -0.963. The fourth-order valence-corrected chi connectivity index (χ4v) is 1.45. The van der Waals surface area contributed by atoms with Crippen LogP contribution in [0.1, 0.15) is 0 Å². The molecule has 0 aromatic heterocycles. The third kappa shape index (κ3) is 5.58. The summed E-state index contributed by atoms with van der Waals surface area (Å²) >= 11 is 0. The molecule has 0 saturated heterocycles. The number of benzene rings is 1. The van der Waals surface area contributed by atoms with Gasteiger partial charge in [-0.05, 0) is 0 Å². The van der Waals surface area contributed by atoms with Crippen LogP contribution in [0, 0.1) is 6.07 Å². The van der Waals surface area contributed by atoms with Crippen molar-refractivity contribution in [3.05, 3.63) is 84.9 Å². The number of hydrogen-bond donors (Lipinski definition) is 0. The first-order valence-electron chi connectivity index (χ1n) is 5.32. The van der Waals surface area contributed by atoms with Gasteiger partial charge >= 0.3 is 35.9 Å². The Kier molecular flexibility index (Phi) is 9.47. The van der Waals surface area contributed by atoms with Gasteiger partial charge in [-0.1, -0.05) is 12.1 Å². The van der Waals surface area contributed by atoms with Crippen molar-refractivity contribution in [1.82, 2.24) is 0 Å². The smallest absolute Gasteiger partial charge is 0.280 e. The minimum absolute atomic E-state index is 0. The standard InChI is InChI=1S/C11H8.C5H5.Fe.Li/c1-2-6-10(7-3-1)11-8-4-5-9-11;1-2-4-5-3-1;;/h1-6,8-9H;1-5H;;/q-2;-1;+2;+1. The van der Waals surface area contributed by atoms with E-state index in [9.17, 15) is 0 Å². The maximum atomic E-state index is 3.17. The quantitative estimate of drug-likeness (QED) is 0.460. The Bertz CT molecular complexity index is 452. The van der Waals surface area contributed by atoms with Crippen LogP contribution in [0.25, 0.3) is 11.1 Å². The third-order valence-corrected chi connectivity index (χ3v) is 2.24. The van der Waals surface area contributed by atoms with Crippen molar-refractivity contribution in [3.63, 3.8) is 0 Å². The molecule has 0 aliphatic carbocycles. The van der Waals surface area contributed by atoms with Crippen LogP contribution in [0.2, 0.25) is 0 Å².